The minimum absolute atomic E-state index is 0.000556. The summed E-state index contributed by atoms with van der Waals surface area (Å²) < 4.78 is 0.000556. The van der Waals surface area contributed by atoms with E-state index in [1.807, 2.05) is 0 Å². The van der Waals surface area contributed by atoms with Crippen LogP contribution in [0.1, 0.15) is 0 Å². The first-order valence-corrected chi connectivity index (χ1v) is 9.85. The van der Waals surface area contributed by atoms with E-state index in [1.54, 1.807) is 0 Å². The SMILES string of the molecule is ClC(I)(I)[IH]Br. The van der Waals surface area contributed by atoms with Crippen molar-refractivity contribution in [2.45, 2.75) is -1.11 Å². The Morgan fingerprint density at radius 1 is 1.67 bits per heavy atom. The van der Waals surface area contributed by atoms with Gasteiger partial charge in [-0.2, -0.15) is 0 Å². The van der Waals surface area contributed by atoms with E-state index >= 15 is 0 Å². The normalized spacial score (nSPS) is 12.7. The van der Waals surface area contributed by atoms with E-state index in [2.05, 4.69) is 57.9 Å². The van der Waals surface area contributed by atoms with Crippen molar-refractivity contribution in [2.24, 2.45) is 0 Å². The van der Waals surface area contributed by atoms with Gasteiger partial charge in [0, 0.05) is 0 Å². The summed E-state index contributed by atoms with van der Waals surface area (Å²) in [5, 5.41) is 0. The summed E-state index contributed by atoms with van der Waals surface area (Å²) in [6, 6.07) is 0. The van der Waals surface area contributed by atoms with Crippen LogP contribution in [0.3, 0.4) is 0 Å². The molecule has 0 amide bonds. The van der Waals surface area contributed by atoms with Crippen molar-refractivity contribution in [3.05, 3.63) is 0 Å². The van der Waals surface area contributed by atoms with Crippen LogP contribution >= 0.6 is 88.5 Å². The third-order valence-corrected chi connectivity index (χ3v) is 16.7. The van der Waals surface area contributed by atoms with Crippen LogP contribution in [0.2, 0.25) is 0 Å². The molecule has 0 unspecified atom stereocenters. The molecule has 0 aromatic heterocycles. The van der Waals surface area contributed by atoms with Crippen LogP contribution in [0.4, 0.5) is 0 Å². The first kappa shape index (κ1) is 8.96. The van der Waals surface area contributed by atoms with Crippen molar-refractivity contribution in [2.75, 3.05) is 0 Å². The van der Waals surface area contributed by atoms with Crippen LogP contribution < -0.4 is 0 Å². The summed E-state index contributed by atoms with van der Waals surface area (Å²) in [4.78, 5) is 0. The molecule has 40 valence electrons. The third-order valence-electron chi connectivity index (χ3n) is 0.0875. The zero-order valence-electron chi connectivity index (χ0n) is 2.42. The van der Waals surface area contributed by atoms with Crippen molar-refractivity contribution in [3.63, 3.8) is 0 Å². The van der Waals surface area contributed by atoms with Gasteiger partial charge in [-0.15, -0.1) is 0 Å². The molecule has 0 aromatic rings. The number of hydrogen-bond acceptors (Lipinski definition) is 0. The Morgan fingerprint density at radius 2 is 1.83 bits per heavy atom. The van der Waals surface area contributed by atoms with Gasteiger partial charge in [-0.25, -0.2) is 0 Å². The Balaban J connectivity index is 3.17. The maximum absolute atomic E-state index is 5.70. The second-order valence-corrected chi connectivity index (χ2v) is 17.3. The van der Waals surface area contributed by atoms with E-state index in [-0.39, 0.29) is 17.9 Å². The van der Waals surface area contributed by atoms with Gasteiger partial charge >= 0.3 is 87.3 Å². The van der Waals surface area contributed by atoms with Gasteiger partial charge in [0.1, 0.15) is 0 Å². The fraction of sp³-hybridized carbons (Fsp3) is 1.00. The second kappa shape index (κ2) is 3.89. The van der Waals surface area contributed by atoms with Crippen LogP contribution in [-0.2, 0) is 0 Å². The predicted molar refractivity (Wildman–Crippen MR) is 61.0 cm³/mol. The van der Waals surface area contributed by atoms with Crippen molar-refractivity contribution < 1.29 is 0 Å². The van der Waals surface area contributed by atoms with Gasteiger partial charge in [0.15, 0.2) is 0 Å². The molecule has 0 aliphatic rings. The molecular weight excluding hydrogens is 508 g/mol. The monoisotopic (exact) mass is 508 g/mol. The molecule has 0 saturated carbocycles. The van der Waals surface area contributed by atoms with Crippen molar-refractivity contribution in [1.82, 2.24) is 0 Å². The van der Waals surface area contributed by atoms with Crippen LogP contribution in [-0.4, -0.2) is -1.11 Å². The van der Waals surface area contributed by atoms with Gasteiger partial charge in [0.05, 0.1) is 0 Å². The Morgan fingerprint density at radius 3 is 1.83 bits per heavy atom. The number of hydrogen-bond donors (Lipinski definition) is 0. The molecule has 0 N–H and O–H groups in total. The van der Waals surface area contributed by atoms with Crippen molar-refractivity contribution >= 4 is 88.5 Å². The number of halogens is 5. The minimum atomic E-state index is -0.131. The fourth-order valence-electron chi connectivity index (χ4n) is 0. The summed E-state index contributed by atoms with van der Waals surface area (Å²) in [5.41, 5.74) is 0. The summed E-state index contributed by atoms with van der Waals surface area (Å²) in [6.45, 7) is 0. The van der Waals surface area contributed by atoms with E-state index in [0.717, 1.165) is 0 Å². The Bertz CT molecular complexity index is 40.5. The van der Waals surface area contributed by atoms with Gasteiger partial charge in [0.25, 0.3) is 0 Å². The molecule has 0 aliphatic carbocycles. The molecule has 5 heteroatoms. The topological polar surface area (TPSA) is 0 Å². The Kier molecular flexibility index (Phi) is 5.80. The molecule has 0 fully saturated rings. The standard InChI is InChI=1S/CHBrClI3/c2-6-1(3,4)5/h6H. The molecule has 0 nitrogen and oxygen atoms in total. The molecule has 0 atom stereocenters. The molecule has 0 saturated heterocycles. The van der Waals surface area contributed by atoms with Gasteiger partial charge in [-0.3, -0.25) is 0 Å². The molecule has 6 heavy (non-hydrogen) atoms. The summed E-state index contributed by atoms with van der Waals surface area (Å²) in [5.74, 6) is 0. The van der Waals surface area contributed by atoms with E-state index in [0.29, 0.717) is 0 Å². The van der Waals surface area contributed by atoms with Crippen LogP contribution in [0.15, 0.2) is 0 Å². The second-order valence-electron chi connectivity index (χ2n) is 0.523. The predicted octanol–water partition coefficient (Wildman–Crippen LogP) is 3.72. The third kappa shape index (κ3) is 6.96. The Labute approximate surface area is 85.4 Å². The van der Waals surface area contributed by atoms with Crippen molar-refractivity contribution in [1.29, 1.82) is 0 Å². The molecule has 0 aliphatic heterocycles. The van der Waals surface area contributed by atoms with Crippen LogP contribution in [0.25, 0.3) is 0 Å². The van der Waals surface area contributed by atoms with E-state index < -0.39 is 0 Å². The van der Waals surface area contributed by atoms with Crippen molar-refractivity contribution in [3.8, 4) is 0 Å². The van der Waals surface area contributed by atoms with E-state index in [9.17, 15) is 0 Å². The quantitative estimate of drug-likeness (QED) is 0.374. The summed E-state index contributed by atoms with van der Waals surface area (Å²) in [7, 11) is 0. The first-order valence-electron chi connectivity index (χ1n) is 0.925. The van der Waals surface area contributed by atoms with Gasteiger partial charge < -0.3 is 0 Å². The zero-order chi connectivity index (χ0) is 5.21. The first-order chi connectivity index (χ1) is 2.56. The average Bonchev–Trinajstić information content (AvgIpc) is 1.35. The van der Waals surface area contributed by atoms with Gasteiger partial charge in [0.2, 0.25) is 0 Å². The molecular formula is CHBrClI3. The molecule has 0 aromatic carbocycles. The molecule has 0 bridgehead atoms. The van der Waals surface area contributed by atoms with Crippen LogP contribution in [0, 0.1) is 0 Å². The number of alkyl halides is 4. The van der Waals surface area contributed by atoms with Gasteiger partial charge in [-0.05, 0) is 0 Å². The Hall–Kier alpha value is 2.96. The van der Waals surface area contributed by atoms with Crippen LogP contribution in [0.5, 0.6) is 0 Å². The average molecular weight is 509 g/mol. The zero-order valence-corrected chi connectivity index (χ0v) is 11.4. The maximum atomic E-state index is 5.70. The molecule has 0 spiro atoms. The molecule has 0 heterocycles. The number of rotatable bonds is 1. The molecule has 0 rings (SSSR count). The van der Waals surface area contributed by atoms with E-state index in [4.69, 9.17) is 11.6 Å². The van der Waals surface area contributed by atoms with Gasteiger partial charge in [-0.1, -0.05) is 0 Å². The fourth-order valence-corrected chi connectivity index (χ4v) is 0. The summed E-state index contributed by atoms with van der Waals surface area (Å²) in [6.07, 6.45) is 0. The molecule has 0 radical (unpaired) electrons. The van der Waals surface area contributed by atoms with E-state index in [1.165, 1.54) is 0 Å². The summed E-state index contributed by atoms with van der Waals surface area (Å²) >= 11 is 13.3.